The largest absolute Gasteiger partial charge is 0.0656 e. The third kappa shape index (κ3) is 12.4. The maximum absolute atomic E-state index is 2.20. The number of fused-ring (bicyclic) bond motifs is 2. The highest BCUT2D eigenvalue weighted by Gasteiger charge is 1.90. The van der Waals surface area contributed by atoms with Gasteiger partial charge in [0, 0.05) is 0 Å². The Morgan fingerprint density at radius 1 is 0.333 bits per heavy atom. The normalized spacial score (nSPS) is 9.33. The van der Waals surface area contributed by atoms with Gasteiger partial charge < -0.3 is 0 Å². The van der Waals surface area contributed by atoms with E-state index in [2.05, 4.69) is 165 Å². The first kappa shape index (κ1) is 30.7. The Morgan fingerprint density at radius 2 is 0.583 bits per heavy atom. The van der Waals surface area contributed by atoms with Crippen molar-refractivity contribution in [1.29, 1.82) is 0 Å². The molecule has 0 amide bonds. The molecule has 5 rings (SSSR count). The van der Waals surface area contributed by atoms with Crippen LogP contribution >= 0.6 is 0 Å². The van der Waals surface area contributed by atoms with Crippen LogP contribution in [0.15, 0.2) is 109 Å². The van der Waals surface area contributed by atoms with E-state index in [1.807, 2.05) is 0 Å². The smallest absolute Gasteiger partial charge is 0.0181 e. The minimum Gasteiger partial charge on any atom is -0.0656 e. The average molecular weight is 479 g/mol. The molecule has 0 aliphatic rings. The summed E-state index contributed by atoms with van der Waals surface area (Å²) in [6, 6.07) is 38.3. The van der Waals surface area contributed by atoms with Crippen LogP contribution in [0.1, 0.15) is 62.8 Å². The zero-order valence-electron chi connectivity index (χ0n) is 23.8. The van der Waals surface area contributed by atoms with Gasteiger partial charge in [-0.25, -0.2) is 0 Å². The molecular formula is C36H46. The van der Waals surface area contributed by atoms with Gasteiger partial charge in [0.15, 0.2) is 0 Å². The van der Waals surface area contributed by atoms with Crippen molar-refractivity contribution in [2.75, 3.05) is 0 Å². The van der Waals surface area contributed by atoms with E-state index in [1.54, 1.807) is 0 Å². The number of hydrogen-bond acceptors (Lipinski definition) is 0. The van der Waals surface area contributed by atoms with Crippen molar-refractivity contribution >= 4 is 21.5 Å². The fraction of sp³-hybridized carbons (Fsp3) is 0.278. The first-order chi connectivity index (χ1) is 17.3. The molecular weight excluding hydrogens is 432 g/mol. The van der Waals surface area contributed by atoms with E-state index in [0.29, 0.717) is 0 Å². The van der Waals surface area contributed by atoms with Crippen molar-refractivity contribution in [3.05, 3.63) is 131 Å². The van der Waals surface area contributed by atoms with Gasteiger partial charge in [0.25, 0.3) is 0 Å². The fourth-order valence-electron chi connectivity index (χ4n) is 3.25. The summed E-state index contributed by atoms with van der Waals surface area (Å²) in [5.41, 5.74) is 5.30. The fourth-order valence-corrected chi connectivity index (χ4v) is 3.25. The minimum atomic E-state index is 1.25. The van der Waals surface area contributed by atoms with E-state index in [0.717, 1.165) is 0 Å². The second kappa shape index (κ2) is 18.0. The van der Waals surface area contributed by atoms with E-state index >= 15 is 0 Å². The lowest BCUT2D eigenvalue weighted by atomic mass is 10.1. The van der Waals surface area contributed by atoms with E-state index in [9.17, 15) is 0 Å². The van der Waals surface area contributed by atoms with E-state index in [-0.39, 0.29) is 0 Å². The molecule has 0 heterocycles. The average Bonchev–Trinajstić information content (AvgIpc) is 2.87. The molecule has 0 saturated carbocycles. The topological polar surface area (TPSA) is 0 Å². The molecule has 0 radical (unpaired) electrons. The molecule has 0 aliphatic heterocycles. The molecule has 0 heteroatoms. The van der Waals surface area contributed by atoms with Crippen LogP contribution in [-0.4, -0.2) is 0 Å². The molecule has 5 aromatic carbocycles. The Balaban J connectivity index is 0.000000246. The molecule has 5 aromatic rings. The Kier molecular flexibility index (Phi) is 15.3. The first-order valence-electron chi connectivity index (χ1n) is 13.3. The third-order valence-corrected chi connectivity index (χ3v) is 5.03. The van der Waals surface area contributed by atoms with Crippen LogP contribution in [0.3, 0.4) is 0 Å². The van der Waals surface area contributed by atoms with Crippen LogP contribution in [0.2, 0.25) is 0 Å². The summed E-state index contributed by atoms with van der Waals surface area (Å²) in [5.74, 6) is 0. The van der Waals surface area contributed by atoms with Crippen molar-refractivity contribution in [2.24, 2.45) is 0 Å². The number of aryl methyl sites for hydroxylation is 4. The molecule has 0 bridgehead atoms. The SMILES string of the molecule is CCC.CCC.Cc1ccc(C)cc1.Cc1ccc2ccccc2c1.Cc1ccc2ccccc2c1. The molecule has 0 nitrogen and oxygen atoms in total. The van der Waals surface area contributed by atoms with Gasteiger partial charge in [-0.05, 0) is 49.2 Å². The number of rotatable bonds is 0. The summed E-state index contributed by atoms with van der Waals surface area (Å²) in [6.07, 6.45) is 2.50. The highest BCUT2D eigenvalue weighted by atomic mass is 14.0. The lowest BCUT2D eigenvalue weighted by Crippen LogP contribution is -1.73. The standard InChI is InChI=1S/2C11H10.C8H10.2C3H8/c2*1-9-6-7-10-4-2-3-5-11(10)8-9;1-7-3-5-8(2)6-4-7;2*1-3-2/h2*2-8H,1H3;3-6H,1-2H3;2*3H2,1-2H3. The van der Waals surface area contributed by atoms with Crippen LogP contribution in [0, 0.1) is 27.7 Å². The molecule has 0 saturated heterocycles. The minimum absolute atomic E-state index is 1.25. The molecule has 0 unspecified atom stereocenters. The monoisotopic (exact) mass is 478 g/mol. The molecule has 0 aromatic heterocycles. The molecule has 0 aliphatic carbocycles. The van der Waals surface area contributed by atoms with E-state index < -0.39 is 0 Å². The first-order valence-corrected chi connectivity index (χ1v) is 13.3. The summed E-state index contributed by atoms with van der Waals surface area (Å²) in [5, 5.41) is 5.29. The summed E-state index contributed by atoms with van der Waals surface area (Å²) in [6.45, 7) is 16.9. The number of benzene rings is 5. The van der Waals surface area contributed by atoms with Crippen molar-refractivity contribution < 1.29 is 0 Å². The van der Waals surface area contributed by atoms with Crippen LogP contribution in [-0.2, 0) is 0 Å². The zero-order chi connectivity index (χ0) is 26.8. The van der Waals surface area contributed by atoms with Crippen LogP contribution < -0.4 is 0 Å². The zero-order valence-corrected chi connectivity index (χ0v) is 23.8. The second-order valence-electron chi connectivity index (χ2n) is 9.27. The van der Waals surface area contributed by atoms with Crippen LogP contribution in [0.25, 0.3) is 21.5 Å². The van der Waals surface area contributed by atoms with Gasteiger partial charge in [0.05, 0.1) is 0 Å². The quantitative estimate of drug-likeness (QED) is 0.207. The maximum Gasteiger partial charge on any atom is -0.0181 e. The van der Waals surface area contributed by atoms with Crippen molar-refractivity contribution in [3.8, 4) is 0 Å². The van der Waals surface area contributed by atoms with E-state index in [1.165, 1.54) is 56.6 Å². The Labute approximate surface area is 221 Å². The molecule has 0 spiro atoms. The number of hydrogen-bond donors (Lipinski definition) is 0. The predicted octanol–water partition coefficient (Wildman–Crippen LogP) is 11.4. The van der Waals surface area contributed by atoms with Crippen LogP contribution in [0.4, 0.5) is 0 Å². The van der Waals surface area contributed by atoms with E-state index in [4.69, 9.17) is 0 Å². The van der Waals surface area contributed by atoms with Gasteiger partial charge in [-0.15, -0.1) is 0 Å². The lowest BCUT2D eigenvalue weighted by Gasteiger charge is -1.96. The van der Waals surface area contributed by atoms with Gasteiger partial charge >= 0.3 is 0 Å². The summed E-state index contributed by atoms with van der Waals surface area (Å²) in [7, 11) is 0. The molecule has 190 valence electrons. The van der Waals surface area contributed by atoms with Gasteiger partial charge in [-0.1, -0.05) is 172 Å². The Hall–Kier alpha value is -3.38. The summed E-state index contributed by atoms with van der Waals surface area (Å²) >= 11 is 0. The van der Waals surface area contributed by atoms with Gasteiger partial charge in [-0.2, -0.15) is 0 Å². The van der Waals surface area contributed by atoms with Crippen molar-refractivity contribution in [3.63, 3.8) is 0 Å². The summed E-state index contributed by atoms with van der Waals surface area (Å²) < 4.78 is 0. The molecule has 0 fully saturated rings. The van der Waals surface area contributed by atoms with Gasteiger partial charge in [0.2, 0.25) is 0 Å². The summed E-state index contributed by atoms with van der Waals surface area (Å²) in [4.78, 5) is 0. The lowest BCUT2D eigenvalue weighted by molar-refractivity contribution is 1.09. The molecule has 0 atom stereocenters. The van der Waals surface area contributed by atoms with Crippen LogP contribution in [0.5, 0.6) is 0 Å². The Bertz CT molecular complexity index is 1150. The molecule has 0 N–H and O–H groups in total. The van der Waals surface area contributed by atoms with Gasteiger partial charge in [-0.3, -0.25) is 0 Å². The Morgan fingerprint density at radius 3 is 0.889 bits per heavy atom. The molecule has 36 heavy (non-hydrogen) atoms. The highest BCUT2D eigenvalue weighted by Crippen LogP contribution is 2.15. The van der Waals surface area contributed by atoms with Gasteiger partial charge in [0.1, 0.15) is 0 Å². The maximum atomic E-state index is 2.20. The second-order valence-corrected chi connectivity index (χ2v) is 9.27. The van der Waals surface area contributed by atoms with Crippen molar-refractivity contribution in [2.45, 2.75) is 68.2 Å². The predicted molar refractivity (Wildman–Crippen MR) is 165 cm³/mol. The highest BCUT2D eigenvalue weighted by molar-refractivity contribution is 5.83. The third-order valence-electron chi connectivity index (χ3n) is 5.03. The van der Waals surface area contributed by atoms with Crippen molar-refractivity contribution in [1.82, 2.24) is 0 Å².